The first kappa shape index (κ1) is 17.4. The molecule has 4 rings (SSSR count). The zero-order valence-corrected chi connectivity index (χ0v) is 15.3. The number of rotatable bonds is 3. The molecule has 1 N–H and O–H groups in total. The molecule has 8 heteroatoms. The number of aryl methyl sites for hydroxylation is 2. The van der Waals surface area contributed by atoms with Gasteiger partial charge in [0.1, 0.15) is 30.4 Å². The Kier molecular flexibility index (Phi) is 4.72. The Balaban J connectivity index is 1.41. The smallest absolute Gasteiger partial charge is 0.410 e. The molecule has 0 bridgehead atoms. The fourth-order valence-electron chi connectivity index (χ4n) is 3.02. The Labute approximate surface area is 156 Å². The summed E-state index contributed by atoms with van der Waals surface area (Å²) in [5, 5.41) is 0. The predicted molar refractivity (Wildman–Crippen MR) is 98.1 cm³/mol. The molecule has 27 heavy (non-hydrogen) atoms. The third-order valence-electron chi connectivity index (χ3n) is 4.61. The van der Waals surface area contributed by atoms with Gasteiger partial charge in [0.15, 0.2) is 5.65 Å². The normalized spacial score (nSPS) is 17.3. The summed E-state index contributed by atoms with van der Waals surface area (Å²) >= 11 is 0. The van der Waals surface area contributed by atoms with E-state index in [-0.39, 0.29) is 18.8 Å². The second-order valence-electron chi connectivity index (χ2n) is 6.63. The summed E-state index contributed by atoms with van der Waals surface area (Å²) in [6, 6.07) is 7.92. The molecule has 3 heterocycles. The number of aromatic nitrogens is 4. The van der Waals surface area contributed by atoms with Gasteiger partial charge >= 0.3 is 6.09 Å². The maximum Gasteiger partial charge on any atom is 0.410 e. The predicted octanol–water partition coefficient (Wildman–Crippen LogP) is 2.68. The lowest BCUT2D eigenvalue weighted by Gasteiger charge is -2.31. The average molecular weight is 367 g/mol. The highest BCUT2D eigenvalue weighted by molar-refractivity contribution is 5.72. The van der Waals surface area contributed by atoms with Crippen molar-refractivity contribution in [3.63, 3.8) is 0 Å². The number of hydrogen-bond acceptors (Lipinski definition) is 6. The van der Waals surface area contributed by atoms with Gasteiger partial charge in [0.25, 0.3) is 0 Å². The number of imidazole rings is 1. The van der Waals surface area contributed by atoms with E-state index in [1.54, 1.807) is 4.90 Å². The van der Waals surface area contributed by atoms with Gasteiger partial charge in [0.05, 0.1) is 18.8 Å². The van der Waals surface area contributed by atoms with Crippen LogP contribution >= 0.6 is 0 Å². The summed E-state index contributed by atoms with van der Waals surface area (Å²) < 4.78 is 11.2. The fraction of sp³-hybridized carbons (Fsp3) is 0.368. The first-order valence-electron chi connectivity index (χ1n) is 8.86. The molecule has 8 nitrogen and oxygen atoms in total. The highest BCUT2D eigenvalue weighted by atomic mass is 16.6. The number of ether oxygens (including phenoxy) is 2. The molecule has 0 aliphatic carbocycles. The lowest BCUT2D eigenvalue weighted by atomic mass is 10.2. The number of morpholine rings is 1. The summed E-state index contributed by atoms with van der Waals surface area (Å²) in [6.45, 7) is 5.45. The number of carbonyl (C=O) groups excluding carboxylic acids is 1. The van der Waals surface area contributed by atoms with Gasteiger partial charge in [-0.1, -0.05) is 29.8 Å². The molecule has 1 aliphatic rings. The third-order valence-corrected chi connectivity index (χ3v) is 4.61. The van der Waals surface area contributed by atoms with Gasteiger partial charge < -0.3 is 19.4 Å². The van der Waals surface area contributed by atoms with Crippen LogP contribution in [0.3, 0.4) is 0 Å². The summed E-state index contributed by atoms with van der Waals surface area (Å²) in [5.41, 5.74) is 4.34. The number of aromatic amines is 1. The van der Waals surface area contributed by atoms with Gasteiger partial charge in [-0.15, -0.1) is 0 Å². The lowest BCUT2D eigenvalue weighted by molar-refractivity contribution is -0.0330. The SMILES string of the molecule is Cc1ccc(COC(=O)N2CCOC(c3nc4ncnc(C)c4[nH]3)C2)cc1. The van der Waals surface area contributed by atoms with Crippen LogP contribution < -0.4 is 0 Å². The Morgan fingerprint density at radius 2 is 2.11 bits per heavy atom. The minimum atomic E-state index is -0.351. The van der Waals surface area contributed by atoms with E-state index in [4.69, 9.17) is 9.47 Å². The summed E-state index contributed by atoms with van der Waals surface area (Å²) in [6.07, 6.45) is 0.786. The number of amides is 1. The molecule has 1 fully saturated rings. The molecular formula is C19H21N5O3. The first-order valence-corrected chi connectivity index (χ1v) is 8.86. The van der Waals surface area contributed by atoms with Crippen molar-refractivity contribution in [2.75, 3.05) is 19.7 Å². The largest absolute Gasteiger partial charge is 0.445 e. The zero-order chi connectivity index (χ0) is 18.8. The fourth-order valence-corrected chi connectivity index (χ4v) is 3.02. The lowest BCUT2D eigenvalue weighted by Crippen LogP contribution is -2.42. The Morgan fingerprint density at radius 3 is 2.89 bits per heavy atom. The number of benzene rings is 1. The van der Waals surface area contributed by atoms with Gasteiger partial charge in [0.2, 0.25) is 0 Å². The summed E-state index contributed by atoms with van der Waals surface area (Å²) in [4.78, 5) is 30.1. The van der Waals surface area contributed by atoms with Crippen LogP contribution in [0.15, 0.2) is 30.6 Å². The van der Waals surface area contributed by atoms with Crippen LogP contribution in [0.25, 0.3) is 11.2 Å². The molecule has 3 aromatic rings. The molecule has 1 atom stereocenters. The molecule has 1 aliphatic heterocycles. The van der Waals surface area contributed by atoms with Crippen LogP contribution in [0.2, 0.25) is 0 Å². The van der Waals surface area contributed by atoms with Crippen LogP contribution in [0.5, 0.6) is 0 Å². The van der Waals surface area contributed by atoms with E-state index in [0.29, 0.717) is 31.2 Å². The van der Waals surface area contributed by atoms with Gasteiger partial charge in [-0.2, -0.15) is 0 Å². The van der Waals surface area contributed by atoms with E-state index in [0.717, 1.165) is 16.8 Å². The van der Waals surface area contributed by atoms with Crippen LogP contribution in [0.4, 0.5) is 4.79 Å². The summed E-state index contributed by atoms with van der Waals surface area (Å²) in [5.74, 6) is 0.643. The number of nitrogens with one attached hydrogen (secondary N) is 1. The monoisotopic (exact) mass is 367 g/mol. The highest BCUT2D eigenvalue weighted by Crippen LogP contribution is 2.23. The second-order valence-corrected chi connectivity index (χ2v) is 6.63. The number of hydrogen-bond donors (Lipinski definition) is 1. The number of fused-ring (bicyclic) bond motifs is 1. The number of H-pyrrole nitrogens is 1. The Hall–Kier alpha value is -3.00. The van der Waals surface area contributed by atoms with Crippen molar-refractivity contribution in [3.8, 4) is 0 Å². The van der Waals surface area contributed by atoms with E-state index >= 15 is 0 Å². The first-order chi connectivity index (χ1) is 13.1. The Morgan fingerprint density at radius 1 is 1.30 bits per heavy atom. The van der Waals surface area contributed by atoms with Crippen molar-refractivity contribution in [2.45, 2.75) is 26.6 Å². The maximum absolute atomic E-state index is 12.4. The molecule has 1 aromatic carbocycles. The van der Waals surface area contributed by atoms with Crippen molar-refractivity contribution in [2.24, 2.45) is 0 Å². The quantitative estimate of drug-likeness (QED) is 0.765. The van der Waals surface area contributed by atoms with Gasteiger partial charge in [-0.3, -0.25) is 0 Å². The van der Waals surface area contributed by atoms with Crippen LogP contribution in [0, 0.1) is 13.8 Å². The molecule has 1 saturated heterocycles. The van der Waals surface area contributed by atoms with Crippen LogP contribution in [-0.4, -0.2) is 50.6 Å². The molecule has 0 saturated carbocycles. The molecular weight excluding hydrogens is 346 g/mol. The Bertz CT molecular complexity index is 954. The highest BCUT2D eigenvalue weighted by Gasteiger charge is 2.28. The van der Waals surface area contributed by atoms with Crippen LogP contribution in [0.1, 0.15) is 28.7 Å². The molecule has 2 aromatic heterocycles. The maximum atomic E-state index is 12.4. The minimum absolute atomic E-state index is 0.251. The van der Waals surface area contributed by atoms with Gasteiger partial charge in [-0.05, 0) is 19.4 Å². The van der Waals surface area contributed by atoms with Crippen molar-refractivity contribution >= 4 is 17.3 Å². The number of nitrogens with zero attached hydrogens (tertiary/aromatic N) is 4. The van der Waals surface area contributed by atoms with Crippen molar-refractivity contribution in [1.82, 2.24) is 24.8 Å². The van der Waals surface area contributed by atoms with E-state index in [9.17, 15) is 4.79 Å². The van der Waals surface area contributed by atoms with Crippen LogP contribution in [-0.2, 0) is 16.1 Å². The molecule has 0 radical (unpaired) electrons. The van der Waals surface area contributed by atoms with E-state index in [1.165, 1.54) is 11.9 Å². The molecule has 140 valence electrons. The zero-order valence-electron chi connectivity index (χ0n) is 15.3. The van der Waals surface area contributed by atoms with Gasteiger partial charge in [0, 0.05) is 6.54 Å². The van der Waals surface area contributed by atoms with Crippen molar-refractivity contribution in [3.05, 3.63) is 53.2 Å². The minimum Gasteiger partial charge on any atom is -0.445 e. The van der Waals surface area contributed by atoms with Crippen molar-refractivity contribution in [1.29, 1.82) is 0 Å². The van der Waals surface area contributed by atoms with E-state index in [1.807, 2.05) is 38.1 Å². The molecule has 0 spiro atoms. The second kappa shape index (κ2) is 7.32. The number of carbonyl (C=O) groups is 1. The molecule has 1 amide bonds. The average Bonchev–Trinajstić information content (AvgIpc) is 3.13. The standard InChI is InChI=1S/C19H21N5O3/c1-12-3-5-14(6-4-12)10-27-19(25)24-7-8-26-15(9-24)17-22-16-13(2)20-11-21-18(16)23-17/h3-6,11,15H,7-10H2,1-2H3,(H,20,21,22,23). The third kappa shape index (κ3) is 3.75. The molecule has 1 unspecified atom stereocenters. The topological polar surface area (TPSA) is 93.2 Å². The van der Waals surface area contributed by atoms with Crippen molar-refractivity contribution < 1.29 is 14.3 Å². The van der Waals surface area contributed by atoms with E-state index < -0.39 is 0 Å². The van der Waals surface area contributed by atoms with E-state index in [2.05, 4.69) is 19.9 Å². The summed E-state index contributed by atoms with van der Waals surface area (Å²) in [7, 11) is 0. The van der Waals surface area contributed by atoms with Gasteiger partial charge in [-0.25, -0.2) is 19.7 Å².